The lowest BCUT2D eigenvalue weighted by atomic mass is 9.94. The molecule has 0 bridgehead atoms. The molecule has 1 aromatic heterocycles. The first-order chi connectivity index (χ1) is 9.10. The minimum atomic E-state index is -0.378. The van der Waals surface area contributed by atoms with Crippen molar-refractivity contribution in [3.05, 3.63) is 11.7 Å². The number of hydrogen-bond donors (Lipinski definition) is 1. The molecule has 1 aromatic rings. The molecule has 1 atom stereocenters. The zero-order valence-corrected chi connectivity index (χ0v) is 11.7. The Hall–Kier alpha value is -0.940. The molecule has 2 fully saturated rings. The predicted molar refractivity (Wildman–Crippen MR) is 70.5 cm³/mol. The van der Waals surface area contributed by atoms with Crippen LogP contribution in [0, 0.1) is 0 Å². The van der Waals surface area contributed by atoms with E-state index < -0.39 is 0 Å². The average Bonchev–Trinajstić information content (AvgIpc) is 3.00. The molecule has 0 radical (unpaired) electrons. The van der Waals surface area contributed by atoms with Crippen LogP contribution < -0.4 is 5.73 Å². The Labute approximate surface area is 113 Å². The highest BCUT2D eigenvalue weighted by molar-refractivity contribution is 5.04. The number of hydrogen-bond acceptors (Lipinski definition) is 5. The first kappa shape index (κ1) is 13.1. The first-order valence-corrected chi connectivity index (χ1v) is 7.36. The third-order valence-electron chi connectivity index (χ3n) is 4.51. The van der Waals surface area contributed by atoms with Crippen LogP contribution in [-0.4, -0.2) is 22.3 Å². The SMILES string of the molecule is CC1(c2noc(CC3(N)CCCC3)n2)CCCCO1. The van der Waals surface area contributed by atoms with Gasteiger partial charge in [-0.3, -0.25) is 0 Å². The van der Waals surface area contributed by atoms with E-state index in [-0.39, 0.29) is 11.1 Å². The van der Waals surface area contributed by atoms with Crippen LogP contribution in [-0.2, 0) is 16.8 Å². The topological polar surface area (TPSA) is 74.2 Å². The van der Waals surface area contributed by atoms with Crippen molar-refractivity contribution in [1.29, 1.82) is 0 Å². The fourth-order valence-corrected chi connectivity index (χ4v) is 3.21. The van der Waals surface area contributed by atoms with Crippen molar-refractivity contribution < 1.29 is 9.26 Å². The summed E-state index contributed by atoms with van der Waals surface area (Å²) in [6, 6.07) is 0. The molecule has 5 nitrogen and oxygen atoms in total. The highest BCUT2D eigenvalue weighted by atomic mass is 16.5. The molecule has 0 aromatic carbocycles. The Morgan fingerprint density at radius 1 is 1.16 bits per heavy atom. The van der Waals surface area contributed by atoms with E-state index in [0.29, 0.717) is 18.1 Å². The van der Waals surface area contributed by atoms with Gasteiger partial charge in [0.25, 0.3) is 0 Å². The van der Waals surface area contributed by atoms with E-state index >= 15 is 0 Å². The highest BCUT2D eigenvalue weighted by Crippen LogP contribution is 2.34. The number of nitrogens with two attached hydrogens (primary N) is 1. The highest BCUT2D eigenvalue weighted by Gasteiger charge is 2.37. The second kappa shape index (κ2) is 4.87. The van der Waals surface area contributed by atoms with Crippen LogP contribution >= 0.6 is 0 Å². The monoisotopic (exact) mass is 265 g/mol. The molecular weight excluding hydrogens is 242 g/mol. The van der Waals surface area contributed by atoms with E-state index in [1.165, 1.54) is 12.8 Å². The van der Waals surface area contributed by atoms with Gasteiger partial charge in [-0.1, -0.05) is 18.0 Å². The van der Waals surface area contributed by atoms with Gasteiger partial charge in [-0.05, 0) is 39.0 Å². The summed E-state index contributed by atoms with van der Waals surface area (Å²) in [5.74, 6) is 1.35. The average molecular weight is 265 g/mol. The van der Waals surface area contributed by atoms with Crippen molar-refractivity contribution in [2.24, 2.45) is 5.73 Å². The number of rotatable bonds is 3. The molecule has 2 heterocycles. The molecule has 0 amide bonds. The van der Waals surface area contributed by atoms with E-state index in [4.69, 9.17) is 15.0 Å². The first-order valence-electron chi connectivity index (χ1n) is 7.36. The van der Waals surface area contributed by atoms with Gasteiger partial charge in [0.15, 0.2) is 0 Å². The van der Waals surface area contributed by atoms with Gasteiger partial charge in [-0.2, -0.15) is 4.98 Å². The molecule has 1 saturated heterocycles. The van der Waals surface area contributed by atoms with Gasteiger partial charge in [0, 0.05) is 18.6 Å². The molecule has 1 unspecified atom stereocenters. The predicted octanol–water partition coefficient (Wildman–Crippen LogP) is 2.30. The summed E-state index contributed by atoms with van der Waals surface area (Å²) in [5, 5.41) is 4.12. The Morgan fingerprint density at radius 3 is 2.58 bits per heavy atom. The van der Waals surface area contributed by atoms with Gasteiger partial charge < -0.3 is 15.0 Å². The number of nitrogens with zero attached hydrogens (tertiary/aromatic N) is 2. The second-order valence-electron chi connectivity index (χ2n) is 6.29. The summed E-state index contributed by atoms with van der Waals surface area (Å²) in [7, 11) is 0. The van der Waals surface area contributed by atoms with Crippen molar-refractivity contribution >= 4 is 0 Å². The molecule has 1 saturated carbocycles. The fraction of sp³-hybridized carbons (Fsp3) is 0.857. The molecular formula is C14H23N3O2. The molecule has 1 aliphatic heterocycles. The van der Waals surface area contributed by atoms with Crippen molar-refractivity contribution in [2.75, 3.05) is 6.61 Å². The van der Waals surface area contributed by atoms with Gasteiger partial charge in [0.1, 0.15) is 5.60 Å². The Morgan fingerprint density at radius 2 is 1.89 bits per heavy atom. The van der Waals surface area contributed by atoms with Gasteiger partial charge in [0.05, 0.1) is 0 Å². The number of aromatic nitrogens is 2. The smallest absolute Gasteiger partial charge is 0.228 e. The standard InChI is InChI=1S/C14H23N3O2/c1-13(6-4-5-9-18-13)12-16-11(19-17-12)10-14(15)7-2-3-8-14/h2-10,15H2,1H3. The minimum Gasteiger partial charge on any atom is -0.367 e. The molecule has 3 rings (SSSR count). The van der Waals surface area contributed by atoms with Crippen molar-refractivity contribution in [3.63, 3.8) is 0 Å². The van der Waals surface area contributed by atoms with Crippen LogP contribution in [0.2, 0.25) is 0 Å². The van der Waals surface area contributed by atoms with Gasteiger partial charge >= 0.3 is 0 Å². The van der Waals surface area contributed by atoms with Gasteiger partial charge in [0.2, 0.25) is 11.7 Å². The van der Waals surface area contributed by atoms with Crippen LogP contribution in [0.5, 0.6) is 0 Å². The van der Waals surface area contributed by atoms with Crippen LogP contribution in [0.15, 0.2) is 4.52 Å². The molecule has 2 N–H and O–H groups in total. The second-order valence-corrected chi connectivity index (χ2v) is 6.29. The van der Waals surface area contributed by atoms with E-state index in [1.54, 1.807) is 0 Å². The molecule has 1 aliphatic carbocycles. The molecule has 106 valence electrons. The van der Waals surface area contributed by atoms with Crippen molar-refractivity contribution in [2.45, 2.75) is 69.4 Å². The maximum absolute atomic E-state index is 6.35. The third-order valence-corrected chi connectivity index (χ3v) is 4.51. The van der Waals surface area contributed by atoms with Crippen LogP contribution in [0.4, 0.5) is 0 Å². The van der Waals surface area contributed by atoms with Gasteiger partial charge in [-0.25, -0.2) is 0 Å². The van der Waals surface area contributed by atoms with E-state index in [0.717, 1.165) is 38.7 Å². The van der Waals surface area contributed by atoms with E-state index in [9.17, 15) is 0 Å². The Balaban J connectivity index is 1.72. The molecule has 2 aliphatic rings. The zero-order valence-electron chi connectivity index (χ0n) is 11.7. The van der Waals surface area contributed by atoms with Crippen LogP contribution in [0.25, 0.3) is 0 Å². The normalized spacial score (nSPS) is 30.6. The summed E-state index contributed by atoms with van der Waals surface area (Å²) < 4.78 is 11.2. The summed E-state index contributed by atoms with van der Waals surface area (Å²) in [4.78, 5) is 4.53. The zero-order chi connectivity index (χ0) is 13.3. The van der Waals surface area contributed by atoms with Gasteiger partial charge in [-0.15, -0.1) is 0 Å². The lowest BCUT2D eigenvalue weighted by Gasteiger charge is -2.30. The lowest BCUT2D eigenvalue weighted by molar-refractivity contribution is -0.0770. The molecule has 0 spiro atoms. The largest absolute Gasteiger partial charge is 0.367 e. The molecule has 5 heteroatoms. The van der Waals surface area contributed by atoms with Crippen molar-refractivity contribution in [1.82, 2.24) is 10.1 Å². The Kier molecular flexibility index (Phi) is 3.35. The summed E-state index contributed by atoms with van der Waals surface area (Å²) in [6.07, 6.45) is 8.44. The quantitative estimate of drug-likeness (QED) is 0.907. The third kappa shape index (κ3) is 2.67. The van der Waals surface area contributed by atoms with Crippen LogP contribution in [0.3, 0.4) is 0 Å². The van der Waals surface area contributed by atoms with Crippen LogP contribution in [0.1, 0.15) is 63.6 Å². The molecule has 19 heavy (non-hydrogen) atoms. The number of ether oxygens (including phenoxy) is 1. The maximum atomic E-state index is 6.35. The Bertz CT molecular complexity index is 432. The lowest BCUT2D eigenvalue weighted by Crippen LogP contribution is -2.39. The van der Waals surface area contributed by atoms with Crippen molar-refractivity contribution in [3.8, 4) is 0 Å². The maximum Gasteiger partial charge on any atom is 0.228 e. The minimum absolute atomic E-state index is 0.141. The summed E-state index contributed by atoms with van der Waals surface area (Å²) >= 11 is 0. The van der Waals surface area contributed by atoms with E-state index in [1.807, 2.05) is 0 Å². The van der Waals surface area contributed by atoms with E-state index in [2.05, 4.69) is 17.1 Å². The summed E-state index contributed by atoms with van der Waals surface area (Å²) in [5.41, 5.74) is 5.83. The summed E-state index contributed by atoms with van der Waals surface area (Å²) in [6.45, 7) is 2.83. The fourth-order valence-electron chi connectivity index (χ4n) is 3.21.